The van der Waals surface area contributed by atoms with Crippen LogP contribution in [0.4, 0.5) is 13.2 Å². The number of carbonyl (C=O) groups is 2. The first-order chi connectivity index (χ1) is 16.6. The zero-order valence-electron chi connectivity index (χ0n) is 17.8. The Morgan fingerprint density at radius 1 is 1.17 bits per heavy atom. The van der Waals surface area contributed by atoms with Gasteiger partial charge < -0.3 is 15.2 Å². The van der Waals surface area contributed by atoms with E-state index in [2.05, 4.69) is 14.8 Å². The van der Waals surface area contributed by atoms with Gasteiger partial charge in [0, 0.05) is 35.9 Å². The van der Waals surface area contributed by atoms with Gasteiger partial charge in [-0.1, -0.05) is 12.1 Å². The lowest BCUT2D eigenvalue weighted by molar-refractivity contribution is -0.189. The topological polar surface area (TPSA) is 126 Å². The summed E-state index contributed by atoms with van der Waals surface area (Å²) in [5.74, 6) is -4.27. The van der Waals surface area contributed by atoms with Gasteiger partial charge in [0.2, 0.25) is 5.88 Å². The van der Waals surface area contributed by atoms with Crippen molar-refractivity contribution in [2.24, 2.45) is 12.8 Å². The SMILES string of the molecule is Cn1nc(OCc2cccc(C(N)=O)c2OC(=O)C(F)(F)F)c2scc(-c3ccncc3)c2c1=O. The lowest BCUT2D eigenvalue weighted by Gasteiger charge is -2.15. The molecule has 0 spiro atoms. The molecule has 0 aliphatic rings. The predicted octanol–water partition coefficient (Wildman–Crippen LogP) is 3.20. The van der Waals surface area contributed by atoms with Crippen LogP contribution in [-0.4, -0.2) is 32.8 Å². The van der Waals surface area contributed by atoms with Gasteiger partial charge in [-0.3, -0.25) is 14.6 Å². The van der Waals surface area contributed by atoms with Crippen LogP contribution in [0.3, 0.4) is 0 Å². The maximum absolute atomic E-state index is 12.8. The third-order valence-electron chi connectivity index (χ3n) is 4.88. The van der Waals surface area contributed by atoms with Gasteiger partial charge in [-0.25, -0.2) is 9.48 Å². The summed E-state index contributed by atoms with van der Waals surface area (Å²) < 4.78 is 50.0. The van der Waals surface area contributed by atoms with Crippen LogP contribution in [0.15, 0.2) is 52.9 Å². The van der Waals surface area contributed by atoms with Crippen LogP contribution in [0, 0.1) is 0 Å². The van der Waals surface area contributed by atoms with E-state index in [1.54, 1.807) is 29.9 Å². The number of nitrogens with zero attached hydrogens (tertiary/aromatic N) is 3. The van der Waals surface area contributed by atoms with E-state index in [4.69, 9.17) is 10.5 Å². The number of nitrogens with two attached hydrogens (primary N) is 1. The first-order valence-corrected chi connectivity index (χ1v) is 10.7. The number of fused-ring (bicyclic) bond motifs is 1. The minimum absolute atomic E-state index is 0.0185. The summed E-state index contributed by atoms with van der Waals surface area (Å²) in [7, 11) is 1.42. The minimum atomic E-state index is -5.30. The highest BCUT2D eigenvalue weighted by atomic mass is 32.1. The van der Waals surface area contributed by atoms with Gasteiger partial charge in [0.25, 0.3) is 11.5 Å². The number of halogens is 3. The highest BCUT2D eigenvalue weighted by Gasteiger charge is 2.42. The average molecular weight is 504 g/mol. The number of thiophene rings is 1. The second-order valence-electron chi connectivity index (χ2n) is 7.16. The van der Waals surface area contributed by atoms with Crippen LogP contribution in [0.1, 0.15) is 15.9 Å². The number of carbonyl (C=O) groups excluding carboxylic acids is 2. The number of benzene rings is 1. The molecule has 0 radical (unpaired) electrons. The van der Waals surface area contributed by atoms with Crippen LogP contribution in [-0.2, 0) is 18.4 Å². The van der Waals surface area contributed by atoms with E-state index in [1.165, 1.54) is 30.5 Å². The average Bonchev–Trinajstić information content (AvgIpc) is 3.26. The molecule has 3 aromatic heterocycles. The molecule has 4 aromatic rings. The Balaban J connectivity index is 1.74. The number of aromatic nitrogens is 3. The number of rotatable bonds is 6. The van der Waals surface area contributed by atoms with Crippen LogP contribution < -0.4 is 20.8 Å². The van der Waals surface area contributed by atoms with Gasteiger partial charge >= 0.3 is 12.1 Å². The Labute approximate surface area is 198 Å². The Kier molecular flexibility index (Phi) is 6.26. The van der Waals surface area contributed by atoms with Crippen molar-refractivity contribution in [2.75, 3.05) is 0 Å². The van der Waals surface area contributed by atoms with Crippen LogP contribution >= 0.6 is 11.3 Å². The third kappa shape index (κ3) is 4.71. The first kappa shape index (κ1) is 23.9. The van der Waals surface area contributed by atoms with E-state index in [9.17, 15) is 27.6 Å². The van der Waals surface area contributed by atoms with Gasteiger partial charge in [0.15, 0.2) is 5.75 Å². The molecular weight excluding hydrogens is 489 g/mol. The van der Waals surface area contributed by atoms with Crippen molar-refractivity contribution in [1.82, 2.24) is 14.8 Å². The zero-order chi connectivity index (χ0) is 25.3. The Morgan fingerprint density at radius 2 is 1.89 bits per heavy atom. The van der Waals surface area contributed by atoms with E-state index >= 15 is 0 Å². The molecule has 35 heavy (non-hydrogen) atoms. The molecule has 9 nitrogen and oxygen atoms in total. The first-order valence-electron chi connectivity index (χ1n) is 9.80. The summed E-state index contributed by atoms with van der Waals surface area (Å²) in [6.07, 6.45) is -2.14. The van der Waals surface area contributed by atoms with Crippen molar-refractivity contribution in [1.29, 1.82) is 0 Å². The molecular formula is C22H15F3N4O5S. The van der Waals surface area contributed by atoms with Crippen LogP contribution in [0.2, 0.25) is 0 Å². The number of hydrogen-bond donors (Lipinski definition) is 1. The van der Waals surface area contributed by atoms with Crippen molar-refractivity contribution in [3.8, 4) is 22.8 Å². The Morgan fingerprint density at radius 3 is 2.54 bits per heavy atom. The molecule has 0 fully saturated rings. The summed E-state index contributed by atoms with van der Waals surface area (Å²) >= 11 is 1.19. The summed E-state index contributed by atoms with van der Waals surface area (Å²) in [6, 6.07) is 7.24. The molecule has 1 aromatic carbocycles. The molecule has 0 aliphatic carbocycles. The maximum Gasteiger partial charge on any atom is 0.491 e. The van der Waals surface area contributed by atoms with Crippen molar-refractivity contribution in [2.45, 2.75) is 12.8 Å². The Hall–Kier alpha value is -4.26. The highest BCUT2D eigenvalue weighted by Crippen LogP contribution is 2.36. The predicted molar refractivity (Wildman–Crippen MR) is 119 cm³/mol. The highest BCUT2D eigenvalue weighted by molar-refractivity contribution is 7.18. The smallest absolute Gasteiger partial charge is 0.471 e. The van der Waals surface area contributed by atoms with Gasteiger partial charge in [0.05, 0.1) is 10.9 Å². The zero-order valence-corrected chi connectivity index (χ0v) is 18.6. The van der Waals surface area contributed by atoms with Crippen LogP contribution in [0.25, 0.3) is 21.2 Å². The largest absolute Gasteiger partial charge is 0.491 e. The van der Waals surface area contributed by atoms with Gasteiger partial charge in [-0.05, 0) is 23.8 Å². The molecule has 4 rings (SSSR count). The second-order valence-corrected chi connectivity index (χ2v) is 8.04. The quantitative estimate of drug-likeness (QED) is 0.316. The molecule has 13 heteroatoms. The van der Waals surface area contributed by atoms with E-state index in [0.29, 0.717) is 15.6 Å². The lowest BCUT2D eigenvalue weighted by atomic mass is 10.1. The summed E-state index contributed by atoms with van der Waals surface area (Å²) in [6.45, 7) is -0.440. The fraction of sp³-hybridized carbons (Fsp3) is 0.136. The summed E-state index contributed by atoms with van der Waals surface area (Å²) in [5, 5.41) is 6.20. The molecule has 0 saturated heterocycles. The van der Waals surface area contributed by atoms with Crippen molar-refractivity contribution < 1.29 is 32.2 Å². The fourth-order valence-corrected chi connectivity index (χ4v) is 4.27. The van der Waals surface area contributed by atoms with Gasteiger partial charge in [-0.2, -0.15) is 13.2 Å². The van der Waals surface area contributed by atoms with Gasteiger partial charge in [-0.15, -0.1) is 16.4 Å². The monoisotopic (exact) mass is 504 g/mol. The molecule has 180 valence electrons. The standard InChI is InChI=1S/C22H15F3N4O5S/c1-29-20(31)15-14(11-5-7-27-8-6-11)10-35-17(15)19(28-29)33-9-12-3-2-4-13(18(26)30)16(12)34-21(32)22(23,24)25/h2-8,10H,9H2,1H3,(H2,26,30). The third-order valence-corrected chi connectivity index (χ3v) is 5.85. The molecule has 0 unspecified atom stereocenters. The minimum Gasteiger partial charge on any atom is -0.471 e. The summed E-state index contributed by atoms with van der Waals surface area (Å²) in [4.78, 5) is 39.9. The maximum atomic E-state index is 12.8. The van der Waals surface area contributed by atoms with E-state index in [1.807, 2.05) is 0 Å². The molecule has 0 atom stereocenters. The number of hydrogen-bond acceptors (Lipinski definition) is 8. The number of esters is 1. The van der Waals surface area contributed by atoms with Crippen molar-refractivity contribution in [3.63, 3.8) is 0 Å². The number of para-hydroxylation sites is 1. The molecule has 1 amide bonds. The number of alkyl halides is 3. The van der Waals surface area contributed by atoms with E-state index in [-0.39, 0.29) is 17.0 Å². The van der Waals surface area contributed by atoms with Crippen molar-refractivity contribution in [3.05, 3.63) is 69.6 Å². The molecule has 2 N–H and O–H groups in total. The van der Waals surface area contributed by atoms with Crippen LogP contribution in [0.5, 0.6) is 11.6 Å². The molecule has 0 bridgehead atoms. The van der Waals surface area contributed by atoms with Gasteiger partial charge in [0.1, 0.15) is 11.3 Å². The number of ether oxygens (including phenoxy) is 2. The molecule has 3 heterocycles. The van der Waals surface area contributed by atoms with Crippen molar-refractivity contribution >= 4 is 33.3 Å². The number of amides is 1. The number of aryl methyl sites for hydroxylation is 1. The van der Waals surface area contributed by atoms with E-state index in [0.717, 1.165) is 16.3 Å². The fourth-order valence-electron chi connectivity index (χ4n) is 3.26. The Bertz CT molecular complexity index is 1500. The normalized spacial score (nSPS) is 11.4. The second kappa shape index (κ2) is 9.18. The lowest BCUT2D eigenvalue weighted by Crippen LogP contribution is -2.29. The summed E-state index contributed by atoms with van der Waals surface area (Å²) in [5.41, 5.74) is 5.75. The number of pyridine rings is 1. The molecule has 0 saturated carbocycles. The molecule has 0 aliphatic heterocycles. The number of primary amides is 1. The van der Waals surface area contributed by atoms with E-state index < -0.39 is 36.0 Å².